The Morgan fingerprint density at radius 1 is 1.38 bits per heavy atom. The molecular weight excluding hydrogens is 343 g/mol. The van der Waals surface area contributed by atoms with Crippen molar-refractivity contribution in [2.24, 2.45) is 5.92 Å². The van der Waals surface area contributed by atoms with Crippen LogP contribution in [0.4, 0.5) is 14.9 Å². The van der Waals surface area contributed by atoms with Crippen LogP contribution in [-0.2, 0) is 4.79 Å². The van der Waals surface area contributed by atoms with Gasteiger partial charge >= 0.3 is 12.0 Å². The Labute approximate surface area is 131 Å². The van der Waals surface area contributed by atoms with Crippen molar-refractivity contribution in [1.29, 1.82) is 0 Å². The SMILES string of the molecule is CC(CCNC(=O)Nc1cc(F)ccc1Br)CCC(=O)O. The van der Waals surface area contributed by atoms with E-state index in [9.17, 15) is 14.0 Å². The van der Waals surface area contributed by atoms with E-state index in [-0.39, 0.29) is 12.3 Å². The summed E-state index contributed by atoms with van der Waals surface area (Å²) in [7, 11) is 0. The minimum atomic E-state index is -0.816. The Bertz CT molecular complexity index is 511. The van der Waals surface area contributed by atoms with Crippen LogP contribution in [0.2, 0.25) is 0 Å². The van der Waals surface area contributed by atoms with E-state index in [1.807, 2.05) is 6.92 Å². The number of urea groups is 1. The Hall–Kier alpha value is -1.63. The molecule has 1 aromatic rings. The zero-order valence-corrected chi connectivity index (χ0v) is 13.2. The summed E-state index contributed by atoms with van der Waals surface area (Å²) in [6.07, 6.45) is 1.39. The van der Waals surface area contributed by atoms with Gasteiger partial charge in [0, 0.05) is 17.4 Å². The van der Waals surface area contributed by atoms with Crippen molar-refractivity contribution in [3.63, 3.8) is 0 Å². The first-order valence-electron chi connectivity index (χ1n) is 6.60. The molecule has 1 unspecified atom stereocenters. The molecule has 1 rings (SSSR count). The van der Waals surface area contributed by atoms with E-state index in [1.54, 1.807) is 0 Å². The van der Waals surface area contributed by atoms with Gasteiger partial charge in [-0.05, 0) is 52.9 Å². The molecule has 1 atom stereocenters. The predicted molar refractivity (Wildman–Crippen MR) is 81.8 cm³/mol. The number of hydrogen-bond donors (Lipinski definition) is 3. The Kier molecular flexibility index (Phi) is 7.14. The smallest absolute Gasteiger partial charge is 0.319 e. The average Bonchev–Trinajstić information content (AvgIpc) is 2.40. The fourth-order valence-electron chi connectivity index (χ4n) is 1.71. The largest absolute Gasteiger partial charge is 0.481 e. The van der Waals surface area contributed by atoms with Crippen LogP contribution < -0.4 is 10.6 Å². The molecule has 0 radical (unpaired) electrons. The van der Waals surface area contributed by atoms with Crippen LogP contribution in [0.25, 0.3) is 0 Å². The zero-order chi connectivity index (χ0) is 15.8. The number of anilines is 1. The number of amides is 2. The van der Waals surface area contributed by atoms with Crippen molar-refractivity contribution in [2.75, 3.05) is 11.9 Å². The van der Waals surface area contributed by atoms with Crippen molar-refractivity contribution in [1.82, 2.24) is 5.32 Å². The number of aliphatic carboxylic acids is 1. The third-order valence-corrected chi connectivity index (χ3v) is 3.64. The fraction of sp³-hybridized carbons (Fsp3) is 0.429. The van der Waals surface area contributed by atoms with Crippen molar-refractivity contribution < 1.29 is 19.1 Å². The van der Waals surface area contributed by atoms with Crippen LogP contribution >= 0.6 is 15.9 Å². The van der Waals surface area contributed by atoms with Gasteiger partial charge in [-0.3, -0.25) is 4.79 Å². The number of rotatable bonds is 7. The molecule has 0 saturated heterocycles. The van der Waals surface area contributed by atoms with Crippen LogP contribution in [0.3, 0.4) is 0 Å². The highest BCUT2D eigenvalue weighted by atomic mass is 79.9. The fourth-order valence-corrected chi connectivity index (χ4v) is 2.05. The molecule has 21 heavy (non-hydrogen) atoms. The van der Waals surface area contributed by atoms with Crippen molar-refractivity contribution in [2.45, 2.75) is 26.2 Å². The lowest BCUT2D eigenvalue weighted by molar-refractivity contribution is -0.137. The highest BCUT2D eigenvalue weighted by molar-refractivity contribution is 9.10. The van der Waals surface area contributed by atoms with E-state index in [2.05, 4.69) is 26.6 Å². The number of carbonyl (C=O) groups excluding carboxylic acids is 1. The molecule has 7 heteroatoms. The van der Waals surface area contributed by atoms with Crippen LogP contribution in [0, 0.1) is 11.7 Å². The Morgan fingerprint density at radius 2 is 2.10 bits per heavy atom. The van der Waals surface area contributed by atoms with Crippen LogP contribution in [0.1, 0.15) is 26.2 Å². The highest BCUT2D eigenvalue weighted by Gasteiger charge is 2.08. The van der Waals surface area contributed by atoms with Gasteiger partial charge in [0.2, 0.25) is 0 Å². The topological polar surface area (TPSA) is 78.4 Å². The molecule has 1 aromatic carbocycles. The predicted octanol–water partition coefficient (Wildman–Crippen LogP) is 3.60. The number of halogens is 2. The maximum Gasteiger partial charge on any atom is 0.319 e. The normalized spacial score (nSPS) is 11.8. The summed E-state index contributed by atoms with van der Waals surface area (Å²) in [5.41, 5.74) is 0.353. The van der Waals surface area contributed by atoms with Gasteiger partial charge in [-0.1, -0.05) is 6.92 Å². The van der Waals surface area contributed by atoms with Gasteiger partial charge in [0.25, 0.3) is 0 Å². The molecule has 116 valence electrons. The minimum Gasteiger partial charge on any atom is -0.481 e. The third kappa shape index (κ3) is 7.08. The number of nitrogens with one attached hydrogen (secondary N) is 2. The number of carboxylic acids is 1. The summed E-state index contributed by atoms with van der Waals surface area (Å²) in [5, 5.41) is 13.8. The van der Waals surface area contributed by atoms with Crippen LogP contribution in [0.5, 0.6) is 0 Å². The summed E-state index contributed by atoms with van der Waals surface area (Å²) >= 11 is 3.22. The number of carbonyl (C=O) groups is 2. The molecular formula is C14H18BrFN2O3. The van der Waals surface area contributed by atoms with Gasteiger partial charge in [-0.2, -0.15) is 0 Å². The second-order valence-corrected chi connectivity index (χ2v) is 5.69. The molecule has 3 N–H and O–H groups in total. The Balaban J connectivity index is 2.31. The van der Waals surface area contributed by atoms with E-state index in [4.69, 9.17) is 5.11 Å². The molecule has 0 saturated carbocycles. The quantitative estimate of drug-likeness (QED) is 0.694. The minimum absolute atomic E-state index is 0.129. The van der Waals surface area contributed by atoms with Crippen molar-refractivity contribution in [3.8, 4) is 0 Å². The number of benzene rings is 1. The second kappa shape index (κ2) is 8.61. The molecule has 0 fully saturated rings. The third-order valence-electron chi connectivity index (χ3n) is 2.95. The average molecular weight is 361 g/mol. The molecule has 0 heterocycles. The maximum absolute atomic E-state index is 13.1. The van der Waals surface area contributed by atoms with Gasteiger partial charge in [0.05, 0.1) is 5.69 Å². The molecule has 0 aliphatic carbocycles. The lowest BCUT2D eigenvalue weighted by Crippen LogP contribution is -2.30. The van der Waals surface area contributed by atoms with E-state index < -0.39 is 17.8 Å². The van der Waals surface area contributed by atoms with E-state index in [0.29, 0.717) is 29.5 Å². The first-order chi connectivity index (χ1) is 9.88. The summed E-state index contributed by atoms with van der Waals surface area (Å²) in [5.74, 6) is -1.04. The summed E-state index contributed by atoms with van der Waals surface area (Å²) in [6.45, 7) is 2.37. The van der Waals surface area contributed by atoms with Gasteiger partial charge in [0.1, 0.15) is 5.82 Å². The summed E-state index contributed by atoms with van der Waals surface area (Å²) < 4.78 is 13.7. The molecule has 5 nitrogen and oxygen atoms in total. The lowest BCUT2D eigenvalue weighted by Gasteiger charge is -2.12. The number of hydrogen-bond acceptors (Lipinski definition) is 2. The van der Waals surface area contributed by atoms with Gasteiger partial charge in [-0.25, -0.2) is 9.18 Å². The Morgan fingerprint density at radius 3 is 2.76 bits per heavy atom. The van der Waals surface area contributed by atoms with E-state index in [1.165, 1.54) is 18.2 Å². The molecule has 0 spiro atoms. The monoisotopic (exact) mass is 360 g/mol. The lowest BCUT2D eigenvalue weighted by atomic mass is 10.0. The summed E-state index contributed by atoms with van der Waals surface area (Å²) in [4.78, 5) is 22.1. The highest BCUT2D eigenvalue weighted by Crippen LogP contribution is 2.22. The van der Waals surface area contributed by atoms with Crippen LogP contribution in [0.15, 0.2) is 22.7 Å². The second-order valence-electron chi connectivity index (χ2n) is 4.83. The van der Waals surface area contributed by atoms with Gasteiger partial charge < -0.3 is 15.7 Å². The molecule has 0 aromatic heterocycles. The van der Waals surface area contributed by atoms with E-state index >= 15 is 0 Å². The van der Waals surface area contributed by atoms with Crippen molar-refractivity contribution in [3.05, 3.63) is 28.5 Å². The zero-order valence-electron chi connectivity index (χ0n) is 11.7. The first-order valence-corrected chi connectivity index (χ1v) is 7.39. The first kappa shape index (κ1) is 17.4. The summed E-state index contributed by atoms with van der Waals surface area (Å²) in [6, 6.07) is 3.60. The van der Waals surface area contributed by atoms with Crippen molar-refractivity contribution >= 4 is 33.6 Å². The molecule has 0 aliphatic rings. The van der Waals surface area contributed by atoms with Crippen LogP contribution in [-0.4, -0.2) is 23.7 Å². The van der Waals surface area contributed by atoms with Gasteiger partial charge in [0.15, 0.2) is 0 Å². The maximum atomic E-state index is 13.1. The van der Waals surface area contributed by atoms with E-state index in [0.717, 1.165) is 0 Å². The molecule has 0 aliphatic heterocycles. The molecule has 2 amide bonds. The van der Waals surface area contributed by atoms with Gasteiger partial charge in [-0.15, -0.1) is 0 Å². The molecule has 0 bridgehead atoms. The number of carboxylic acid groups (broad SMARTS) is 1. The standard InChI is InChI=1S/C14H18BrFN2O3/c1-9(2-5-13(19)20)6-7-17-14(21)18-12-8-10(16)3-4-11(12)15/h3-4,8-9H,2,5-7H2,1H3,(H,19,20)(H2,17,18,21).